The van der Waals surface area contributed by atoms with Crippen molar-refractivity contribution in [2.45, 2.75) is 6.92 Å². The molecule has 1 aromatic carbocycles. The maximum atomic E-state index is 12.8. The first-order chi connectivity index (χ1) is 12.9. The molecule has 140 valence electrons. The Morgan fingerprint density at radius 3 is 2.15 bits per heavy atom. The lowest BCUT2D eigenvalue weighted by Gasteiger charge is -2.01. The largest absolute Gasteiger partial charge is 0.381 e. The van der Waals surface area contributed by atoms with Crippen molar-refractivity contribution in [3.05, 3.63) is 65.2 Å². The smallest absolute Gasteiger partial charge is 0.347 e. The average Bonchev–Trinajstić information content (AvgIpc) is 2.67. The Hall–Kier alpha value is -3.40. The molecule has 0 fully saturated rings. The van der Waals surface area contributed by atoms with Gasteiger partial charge in [-0.1, -0.05) is 35.5 Å². The number of nitrogens with two attached hydrogens (primary N) is 2. The summed E-state index contributed by atoms with van der Waals surface area (Å²) < 4.78 is 25.0. The summed E-state index contributed by atoms with van der Waals surface area (Å²) in [5.41, 5.74) is 11.9. The van der Waals surface area contributed by atoms with Gasteiger partial charge in [-0.05, 0) is 24.1 Å². The summed E-state index contributed by atoms with van der Waals surface area (Å²) >= 11 is 5.25. The molecule has 0 atom stereocenters. The Morgan fingerprint density at radius 2 is 1.59 bits per heavy atom. The zero-order valence-electron chi connectivity index (χ0n) is 14.0. The van der Waals surface area contributed by atoms with E-state index in [2.05, 4.69) is 25.1 Å². The second-order valence-electron chi connectivity index (χ2n) is 4.89. The van der Waals surface area contributed by atoms with Crippen LogP contribution in [0.25, 0.3) is 0 Å². The molecule has 0 saturated carbocycles. The van der Waals surface area contributed by atoms with Crippen molar-refractivity contribution in [3.8, 4) is 6.01 Å². The third-order valence-electron chi connectivity index (χ3n) is 2.95. The van der Waals surface area contributed by atoms with Crippen molar-refractivity contribution in [1.82, 2.24) is 19.9 Å². The number of rotatable bonds is 3. The summed E-state index contributed by atoms with van der Waals surface area (Å²) in [6.07, 6.45) is 1.86. The van der Waals surface area contributed by atoms with E-state index in [1.165, 1.54) is 0 Å². The second-order valence-corrected chi connectivity index (χ2v) is 5.23. The minimum atomic E-state index is -0.689. The van der Waals surface area contributed by atoms with E-state index >= 15 is 0 Å². The van der Waals surface area contributed by atoms with Crippen LogP contribution in [0.2, 0.25) is 5.28 Å². The molecule has 4 N–H and O–H groups in total. The zero-order chi connectivity index (χ0) is 19.8. The van der Waals surface area contributed by atoms with E-state index in [0.717, 1.165) is 18.0 Å². The van der Waals surface area contributed by atoms with Gasteiger partial charge in [0.1, 0.15) is 0 Å². The average molecular weight is 394 g/mol. The Morgan fingerprint density at radius 1 is 1.00 bits per heavy atom. The van der Waals surface area contributed by atoms with Crippen LogP contribution in [0.15, 0.2) is 47.9 Å². The first-order valence-corrected chi connectivity index (χ1v) is 7.73. The van der Waals surface area contributed by atoms with Gasteiger partial charge in [-0.2, -0.15) is 15.0 Å². The normalized spacial score (nSPS) is 10.7. The first kappa shape index (κ1) is 19.9. The van der Waals surface area contributed by atoms with Gasteiger partial charge in [-0.15, -0.1) is 0 Å². The highest BCUT2D eigenvalue weighted by Gasteiger charge is 2.04. The molecular weight excluding hydrogens is 380 g/mol. The Balaban J connectivity index is 0.000000244. The molecule has 11 heteroatoms. The van der Waals surface area contributed by atoms with Crippen LogP contribution in [0.3, 0.4) is 0 Å². The summed E-state index contributed by atoms with van der Waals surface area (Å²) in [6, 6.07) is 9.37. The van der Waals surface area contributed by atoms with Gasteiger partial charge in [-0.25, -0.2) is 13.8 Å². The quantitative estimate of drug-likeness (QED) is 0.398. The molecule has 0 saturated heterocycles. The van der Waals surface area contributed by atoms with Gasteiger partial charge >= 0.3 is 6.01 Å². The molecular formula is C16H14ClF2N7O. The topological polar surface area (TPSA) is 125 Å². The molecule has 0 amide bonds. The standard InChI is InChI=1S/C12H11FN4O.C4H3ClFN3/c1-8(9-5-3-2-4-6-9)17-18-12-15-7-10(13)11(14)16-12;5-4-8-1-2(6)3(7)9-4/h2-7H,1H3,(H2,14,15,16);1H,(H2,7,8,9)/b17-8+;. The van der Waals surface area contributed by atoms with E-state index in [-0.39, 0.29) is 22.9 Å². The second kappa shape index (κ2) is 9.34. The van der Waals surface area contributed by atoms with E-state index in [1.54, 1.807) is 6.92 Å². The van der Waals surface area contributed by atoms with Crippen molar-refractivity contribution >= 4 is 28.9 Å². The third-order valence-corrected chi connectivity index (χ3v) is 3.13. The highest BCUT2D eigenvalue weighted by Crippen LogP contribution is 2.10. The van der Waals surface area contributed by atoms with Crippen molar-refractivity contribution in [3.63, 3.8) is 0 Å². The molecule has 3 rings (SSSR count). The monoisotopic (exact) mass is 393 g/mol. The fourth-order valence-corrected chi connectivity index (χ4v) is 1.75. The zero-order valence-corrected chi connectivity index (χ0v) is 14.7. The number of nitrogen functional groups attached to an aromatic ring is 2. The van der Waals surface area contributed by atoms with E-state index in [0.29, 0.717) is 5.71 Å². The number of halogens is 3. The molecule has 2 heterocycles. The number of nitrogens with zero attached hydrogens (tertiary/aromatic N) is 5. The molecule has 0 aliphatic rings. The van der Waals surface area contributed by atoms with Crippen LogP contribution in [-0.2, 0) is 0 Å². The summed E-state index contributed by atoms with van der Waals surface area (Å²) in [4.78, 5) is 18.9. The minimum Gasteiger partial charge on any atom is -0.381 e. The Kier molecular flexibility index (Phi) is 6.89. The summed E-state index contributed by atoms with van der Waals surface area (Å²) in [5.74, 6) is -1.84. The summed E-state index contributed by atoms with van der Waals surface area (Å²) in [6.45, 7) is 1.78. The van der Waals surface area contributed by atoms with Gasteiger partial charge in [0.2, 0.25) is 5.28 Å². The maximum Gasteiger partial charge on any atom is 0.347 e. The van der Waals surface area contributed by atoms with Gasteiger partial charge in [0.25, 0.3) is 0 Å². The number of oxime groups is 1. The maximum absolute atomic E-state index is 12.8. The molecule has 0 aliphatic carbocycles. The first-order valence-electron chi connectivity index (χ1n) is 7.35. The molecule has 0 spiro atoms. The van der Waals surface area contributed by atoms with Crippen LogP contribution in [0.1, 0.15) is 12.5 Å². The third kappa shape index (κ3) is 6.12. The lowest BCUT2D eigenvalue weighted by molar-refractivity contribution is 0.311. The van der Waals surface area contributed by atoms with Gasteiger partial charge in [-0.3, -0.25) is 0 Å². The van der Waals surface area contributed by atoms with E-state index in [1.807, 2.05) is 30.3 Å². The van der Waals surface area contributed by atoms with Gasteiger partial charge in [0.15, 0.2) is 23.3 Å². The lowest BCUT2D eigenvalue weighted by Crippen LogP contribution is -2.02. The van der Waals surface area contributed by atoms with Crippen LogP contribution in [-0.4, -0.2) is 25.6 Å². The molecule has 0 radical (unpaired) electrons. The summed E-state index contributed by atoms with van der Waals surface area (Å²) in [7, 11) is 0. The molecule has 27 heavy (non-hydrogen) atoms. The molecule has 8 nitrogen and oxygen atoms in total. The van der Waals surface area contributed by atoms with Crippen molar-refractivity contribution in [1.29, 1.82) is 0 Å². The number of hydrogen-bond donors (Lipinski definition) is 2. The van der Waals surface area contributed by atoms with E-state index in [9.17, 15) is 8.78 Å². The lowest BCUT2D eigenvalue weighted by atomic mass is 10.1. The molecule has 3 aromatic rings. The fraction of sp³-hybridized carbons (Fsp3) is 0.0625. The van der Waals surface area contributed by atoms with Crippen LogP contribution >= 0.6 is 11.6 Å². The molecule has 0 unspecified atom stereocenters. The Bertz CT molecular complexity index is 941. The van der Waals surface area contributed by atoms with Gasteiger partial charge in [0, 0.05) is 0 Å². The van der Waals surface area contributed by atoms with Gasteiger partial charge < -0.3 is 16.3 Å². The SMILES string of the molecule is C/C(=N\Oc1ncc(F)c(N)n1)c1ccccc1.Nc1nc(Cl)ncc1F. The highest BCUT2D eigenvalue weighted by atomic mass is 35.5. The van der Waals surface area contributed by atoms with Crippen LogP contribution in [0, 0.1) is 11.6 Å². The van der Waals surface area contributed by atoms with Crippen LogP contribution in [0.4, 0.5) is 20.4 Å². The van der Waals surface area contributed by atoms with Crippen molar-refractivity contribution < 1.29 is 13.6 Å². The number of anilines is 2. The molecule has 0 bridgehead atoms. The van der Waals surface area contributed by atoms with Crippen molar-refractivity contribution in [2.75, 3.05) is 11.5 Å². The molecule has 0 aliphatic heterocycles. The number of aromatic nitrogens is 4. The number of hydrogen-bond acceptors (Lipinski definition) is 8. The molecule has 2 aromatic heterocycles. The number of benzene rings is 1. The Labute approximate surface area is 157 Å². The van der Waals surface area contributed by atoms with Gasteiger partial charge in [0.05, 0.1) is 18.1 Å². The van der Waals surface area contributed by atoms with E-state index in [4.69, 9.17) is 27.9 Å². The predicted octanol–water partition coefficient (Wildman–Crippen LogP) is 2.85. The minimum absolute atomic E-state index is 0.0473. The van der Waals surface area contributed by atoms with Crippen molar-refractivity contribution in [2.24, 2.45) is 5.16 Å². The fourth-order valence-electron chi connectivity index (χ4n) is 1.61. The van der Waals surface area contributed by atoms with E-state index < -0.39 is 11.6 Å². The predicted molar refractivity (Wildman–Crippen MR) is 97.1 cm³/mol. The van der Waals surface area contributed by atoms with Crippen LogP contribution < -0.4 is 16.3 Å². The highest BCUT2D eigenvalue weighted by molar-refractivity contribution is 6.28. The summed E-state index contributed by atoms with van der Waals surface area (Å²) in [5, 5.41) is 3.80. The van der Waals surface area contributed by atoms with Crippen LogP contribution in [0.5, 0.6) is 6.01 Å².